The van der Waals surface area contributed by atoms with E-state index in [-0.39, 0.29) is 24.2 Å². The van der Waals surface area contributed by atoms with Gasteiger partial charge in [0.15, 0.2) is 0 Å². The van der Waals surface area contributed by atoms with E-state index in [2.05, 4.69) is 0 Å². The van der Waals surface area contributed by atoms with E-state index in [0.29, 0.717) is 19.4 Å². The lowest BCUT2D eigenvalue weighted by molar-refractivity contribution is -0.146. The maximum Gasteiger partial charge on any atom is 0.410 e. The summed E-state index contributed by atoms with van der Waals surface area (Å²) in [7, 11) is 1.29. The zero-order valence-electron chi connectivity index (χ0n) is 12.9. The molecule has 1 aromatic rings. The number of rotatable bonds is 3. The van der Waals surface area contributed by atoms with E-state index in [1.807, 2.05) is 30.3 Å². The van der Waals surface area contributed by atoms with Crippen molar-refractivity contribution in [3.63, 3.8) is 0 Å². The number of ketones is 1. The van der Waals surface area contributed by atoms with Crippen molar-refractivity contribution < 1.29 is 23.9 Å². The summed E-state index contributed by atoms with van der Waals surface area (Å²) in [5.74, 6) is -0.467. The van der Waals surface area contributed by atoms with Gasteiger partial charge in [-0.05, 0) is 11.5 Å². The van der Waals surface area contributed by atoms with E-state index in [9.17, 15) is 14.4 Å². The molecule has 2 fully saturated rings. The van der Waals surface area contributed by atoms with Crippen molar-refractivity contribution in [3.05, 3.63) is 35.9 Å². The summed E-state index contributed by atoms with van der Waals surface area (Å²) in [5.41, 5.74) is 0.880. The minimum Gasteiger partial charge on any atom is -0.467 e. The molecule has 0 spiro atoms. The molecule has 6 heteroatoms. The molecular weight excluding hydrogens is 298 g/mol. The number of methoxy groups -OCH3 is 1. The molecule has 1 saturated heterocycles. The Morgan fingerprint density at radius 1 is 1.22 bits per heavy atom. The predicted octanol–water partition coefficient (Wildman–Crippen LogP) is 1.78. The topological polar surface area (TPSA) is 72.9 Å². The molecular formula is C17H19NO5. The summed E-state index contributed by atoms with van der Waals surface area (Å²) in [6, 6.07) is 8.63. The Hall–Kier alpha value is -2.37. The van der Waals surface area contributed by atoms with Crippen molar-refractivity contribution in [2.24, 2.45) is 11.8 Å². The molecule has 0 radical (unpaired) electrons. The van der Waals surface area contributed by atoms with Gasteiger partial charge in [-0.3, -0.25) is 9.69 Å². The van der Waals surface area contributed by atoms with Gasteiger partial charge in [-0.2, -0.15) is 0 Å². The number of likely N-dealkylation sites (tertiary alicyclic amines) is 1. The fourth-order valence-corrected chi connectivity index (χ4v) is 3.54. The van der Waals surface area contributed by atoms with E-state index in [4.69, 9.17) is 9.47 Å². The van der Waals surface area contributed by atoms with Crippen LogP contribution in [0.3, 0.4) is 0 Å². The van der Waals surface area contributed by atoms with E-state index >= 15 is 0 Å². The highest BCUT2D eigenvalue weighted by atomic mass is 16.6. The zero-order chi connectivity index (χ0) is 16.4. The molecule has 0 unspecified atom stereocenters. The lowest BCUT2D eigenvalue weighted by Crippen LogP contribution is -2.44. The van der Waals surface area contributed by atoms with Crippen LogP contribution >= 0.6 is 0 Å². The molecule has 23 heavy (non-hydrogen) atoms. The highest BCUT2D eigenvalue weighted by molar-refractivity contribution is 5.87. The Bertz CT molecular complexity index is 615. The van der Waals surface area contributed by atoms with Gasteiger partial charge in [0.2, 0.25) is 0 Å². The summed E-state index contributed by atoms with van der Waals surface area (Å²) in [5, 5.41) is 0. The third kappa shape index (κ3) is 3.06. The summed E-state index contributed by atoms with van der Waals surface area (Å²) < 4.78 is 10.1. The standard InChI is InChI=1S/C17H19NO5/c1-22-16(20)15-14-8-13(19)7-12(14)9-18(15)17(21)23-10-11-5-3-2-4-6-11/h2-6,12,14-15H,7-10H2,1H3/t12-,14-,15+/m1/s1. The average Bonchev–Trinajstić information content (AvgIpc) is 3.08. The molecule has 0 aromatic heterocycles. The molecule has 2 aliphatic rings. The maximum absolute atomic E-state index is 12.4. The van der Waals surface area contributed by atoms with E-state index in [0.717, 1.165) is 5.56 Å². The van der Waals surface area contributed by atoms with Crippen LogP contribution in [0, 0.1) is 11.8 Å². The summed E-state index contributed by atoms with van der Waals surface area (Å²) in [6.07, 6.45) is 0.208. The van der Waals surface area contributed by atoms with E-state index in [1.54, 1.807) is 0 Å². The average molecular weight is 317 g/mol. The van der Waals surface area contributed by atoms with Crippen molar-refractivity contribution in [2.75, 3.05) is 13.7 Å². The van der Waals surface area contributed by atoms with Crippen molar-refractivity contribution >= 4 is 17.8 Å². The molecule has 3 rings (SSSR count). The quantitative estimate of drug-likeness (QED) is 0.795. The van der Waals surface area contributed by atoms with Crippen molar-refractivity contribution in [2.45, 2.75) is 25.5 Å². The van der Waals surface area contributed by atoms with Gasteiger partial charge >= 0.3 is 12.1 Å². The molecule has 0 N–H and O–H groups in total. The fraction of sp³-hybridized carbons (Fsp3) is 0.471. The van der Waals surface area contributed by atoms with Crippen LogP contribution in [-0.2, 0) is 25.7 Å². The second kappa shape index (κ2) is 6.40. The summed E-state index contributed by atoms with van der Waals surface area (Å²) in [4.78, 5) is 37.5. The molecule has 1 aliphatic heterocycles. The van der Waals surface area contributed by atoms with Gasteiger partial charge in [0.25, 0.3) is 0 Å². The highest BCUT2D eigenvalue weighted by Gasteiger charge is 2.52. The Balaban J connectivity index is 1.69. The van der Waals surface area contributed by atoms with Gasteiger partial charge in [-0.15, -0.1) is 0 Å². The van der Waals surface area contributed by atoms with Gasteiger partial charge in [-0.25, -0.2) is 9.59 Å². The molecule has 1 saturated carbocycles. The Labute approximate surface area is 134 Å². The first kappa shape index (κ1) is 15.5. The third-order valence-corrected chi connectivity index (χ3v) is 4.61. The summed E-state index contributed by atoms with van der Waals surface area (Å²) in [6.45, 7) is 0.516. The van der Waals surface area contributed by atoms with Gasteiger partial charge < -0.3 is 9.47 Å². The van der Waals surface area contributed by atoms with E-state index in [1.165, 1.54) is 12.0 Å². The molecule has 122 valence electrons. The number of fused-ring (bicyclic) bond motifs is 1. The van der Waals surface area contributed by atoms with Crippen LogP contribution in [0.1, 0.15) is 18.4 Å². The highest BCUT2D eigenvalue weighted by Crippen LogP contribution is 2.41. The number of esters is 1. The molecule has 6 nitrogen and oxygen atoms in total. The van der Waals surface area contributed by atoms with Crippen molar-refractivity contribution in [1.82, 2.24) is 4.90 Å². The number of hydrogen-bond acceptors (Lipinski definition) is 5. The minimum absolute atomic E-state index is 0.0240. The fourth-order valence-electron chi connectivity index (χ4n) is 3.54. The van der Waals surface area contributed by atoms with Crippen LogP contribution in [0.15, 0.2) is 30.3 Å². The number of nitrogens with zero attached hydrogens (tertiary/aromatic N) is 1. The second-order valence-corrected chi connectivity index (χ2v) is 6.03. The van der Waals surface area contributed by atoms with Crippen LogP contribution in [0.2, 0.25) is 0 Å². The summed E-state index contributed by atoms with van der Waals surface area (Å²) >= 11 is 0. The Morgan fingerprint density at radius 3 is 2.65 bits per heavy atom. The number of carbonyl (C=O) groups is 3. The SMILES string of the molecule is COC(=O)[C@@H]1[C@@H]2CC(=O)C[C@@H]2CN1C(=O)OCc1ccccc1. The number of Topliss-reactive ketones (excluding diaryl/α,β-unsaturated/α-hetero) is 1. The van der Waals surface area contributed by atoms with Crippen LogP contribution < -0.4 is 0 Å². The Morgan fingerprint density at radius 2 is 1.96 bits per heavy atom. The molecule has 1 aliphatic carbocycles. The maximum atomic E-state index is 12.4. The number of hydrogen-bond donors (Lipinski definition) is 0. The number of ether oxygens (including phenoxy) is 2. The first-order valence-corrected chi connectivity index (χ1v) is 7.67. The second-order valence-electron chi connectivity index (χ2n) is 6.03. The van der Waals surface area contributed by atoms with Crippen LogP contribution in [-0.4, -0.2) is 42.4 Å². The van der Waals surface area contributed by atoms with Gasteiger partial charge in [0.05, 0.1) is 7.11 Å². The van der Waals surface area contributed by atoms with Crippen LogP contribution in [0.4, 0.5) is 4.79 Å². The van der Waals surface area contributed by atoms with Gasteiger partial charge in [0.1, 0.15) is 18.4 Å². The lowest BCUT2D eigenvalue weighted by Gasteiger charge is -2.24. The van der Waals surface area contributed by atoms with E-state index < -0.39 is 18.1 Å². The van der Waals surface area contributed by atoms with Crippen molar-refractivity contribution in [1.29, 1.82) is 0 Å². The first-order valence-electron chi connectivity index (χ1n) is 7.67. The van der Waals surface area contributed by atoms with Crippen LogP contribution in [0.25, 0.3) is 0 Å². The monoisotopic (exact) mass is 317 g/mol. The first-order chi connectivity index (χ1) is 11.1. The smallest absolute Gasteiger partial charge is 0.410 e. The van der Waals surface area contributed by atoms with Gasteiger partial charge in [-0.1, -0.05) is 30.3 Å². The van der Waals surface area contributed by atoms with Crippen LogP contribution in [0.5, 0.6) is 0 Å². The minimum atomic E-state index is -0.722. The lowest BCUT2D eigenvalue weighted by atomic mass is 9.94. The normalized spacial score (nSPS) is 26.0. The molecule has 3 atom stereocenters. The molecule has 1 amide bonds. The Kier molecular flexibility index (Phi) is 4.32. The molecule has 1 heterocycles. The zero-order valence-corrected chi connectivity index (χ0v) is 12.9. The predicted molar refractivity (Wildman–Crippen MR) is 80.4 cm³/mol. The number of carbonyl (C=O) groups excluding carboxylic acids is 3. The number of amides is 1. The largest absolute Gasteiger partial charge is 0.467 e. The number of benzene rings is 1. The molecule has 0 bridgehead atoms. The molecule has 1 aromatic carbocycles. The van der Waals surface area contributed by atoms with Crippen molar-refractivity contribution in [3.8, 4) is 0 Å². The third-order valence-electron chi connectivity index (χ3n) is 4.61. The van der Waals surface area contributed by atoms with Gasteiger partial charge in [0, 0.05) is 25.3 Å².